The predicted molar refractivity (Wildman–Crippen MR) is 185 cm³/mol. The van der Waals surface area contributed by atoms with E-state index in [0.29, 0.717) is 17.9 Å². The molecule has 2 aliphatic heterocycles. The van der Waals surface area contributed by atoms with Gasteiger partial charge < -0.3 is 20.4 Å². The summed E-state index contributed by atoms with van der Waals surface area (Å²) in [6.45, 7) is 8.39. The number of para-hydroxylation sites is 1. The van der Waals surface area contributed by atoms with Gasteiger partial charge in [-0.3, -0.25) is 24.2 Å². The van der Waals surface area contributed by atoms with Gasteiger partial charge in [0.2, 0.25) is 17.7 Å². The number of nitrogens with one attached hydrogen (secondary N) is 2. The Morgan fingerprint density at radius 3 is 2.47 bits per heavy atom. The van der Waals surface area contributed by atoms with Crippen LogP contribution in [0.3, 0.4) is 0 Å². The van der Waals surface area contributed by atoms with E-state index >= 15 is 0 Å². The number of aromatic nitrogens is 1. The molecule has 0 spiro atoms. The van der Waals surface area contributed by atoms with Crippen LogP contribution >= 0.6 is 0 Å². The molecule has 0 unspecified atom stereocenters. The van der Waals surface area contributed by atoms with Gasteiger partial charge in [-0.2, -0.15) is 13.2 Å². The fourth-order valence-corrected chi connectivity index (χ4v) is 6.33. The number of piperazine rings is 1. The number of hydrogen-bond donors (Lipinski definition) is 2. The van der Waals surface area contributed by atoms with E-state index in [9.17, 15) is 27.6 Å². The highest BCUT2D eigenvalue weighted by molar-refractivity contribution is 6.09. The molecule has 49 heavy (non-hydrogen) atoms. The lowest BCUT2D eigenvalue weighted by molar-refractivity contribution is -0.137. The Hall–Kier alpha value is -4.75. The lowest BCUT2D eigenvalue weighted by Crippen LogP contribution is -2.46. The summed E-state index contributed by atoms with van der Waals surface area (Å²) in [5.74, 6) is -1.26. The molecule has 3 amide bonds. The first-order valence-corrected chi connectivity index (χ1v) is 16.3. The topological polar surface area (TPSA) is 101 Å². The summed E-state index contributed by atoms with van der Waals surface area (Å²) in [4.78, 5) is 50.4. The third-order valence-corrected chi connectivity index (χ3v) is 8.78. The van der Waals surface area contributed by atoms with E-state index in [0.717, 1.165) is 66.6 Å². The fraction of sp³-hybridized carbons (Fsp3) is 0.389. The molecule has 0 bridgehead atoms. The molecule has 2 N–H and O–H groups in total. The normalized spacial score (nSPS) is 17.1. The van der Waals surface area contributed by atoms with Crippen LogP contribution in [0.5, 0.6) is 0 Å². The number of likely N-dealkylation sites (N-methyl/N-ethyl adjacent to an activating group) is 1. The van der Waals surface area contributed by atoms with E-state index < -0.39 is 29.6 Å². The zero-order chi connectivity index (χ0) is 35.3. The minimum Gasteiger partial charge on any atom is -0.368 e. The van der Waals surface area contributed by atoms with Crippen molar-refractivity contribution in [1.29, 1.82) is 0 Å². The molecule has 0 aliphatic carbocycles. The highest BCUT2D eigenvalue weighted by Gasteiger charge is 2.41. The Morgan fingerprint density at radius 1 is 1.06 bits per heavy atom. The number of pyridine rings is 1. The number of alkyl halides is 3. The Morgan fingerprint density at radius 2 is 1.78 bits per heavy atom. The first-order chi connectivity index (χ1) is 23.3. The standard InChI is InChI=1S/C36H42F3N7O3/c1-24-7-5-8-29(44(4)35(49)30-14-15-33(48)46(30)31-22-27(36(37,38)39)21-25(2)41-31)34(24)43(3)23-26-10-12-28(13-11-26)42-32(47)9-6-18-45-19-16-40-17-20-45/h5-13,21-22,30,40H,14-20,23H2,1-4H3,(H,42,47)/b9-6+/t30-/m0/s1. The Bertz CT molecular complexity index is 1700. The molecular weight excluding hydrogens is 635 g/mol. The van der Waals surface area contributed by atoms with Crippen LogP contribution in [-0.2, 0) is 27.1 Å². The quantitative estimate of drug-likeness (QED) is 0.294. The molecule has 3 aromatic rings. The third-order valence-electron chi connectivity index (χ3n) is 8.78. The van der Waals surface area contributed by atoms with E-state index in [2.05, 4.69) is 20.5 Å². The number of anilines is 4. The van der Waals surface area contributed by atoms with Crippen LogP contribution in [0.1, 0.15) is 35.2 Å². The van der Waals surface area contributed by atoms with Gasteiger partial charge >= 0.3 is 6.18 Å². The molecule has 13 heteroatoms. The van der Waals surface area contributed by atoms with Crippen molar-refractivity contribution < 1.29 is 27.6 Å². The molecule has 2 aromatic carbocycles. The van der Waals surface area contributed by atoms with Gasteiger partial charge in [0.1, 0.15) is 11.9 Å². The predicted octanol–water partition coefficient (Wildman–Crippen LogP) is 4.91. The van der Waals surface area contributed by atoms with Crippen molar-refractivity contribution >= 4 is 40.6 Å². The number of benzene rings is 2. The van der Waals surface area contributed by atoms with Crippen molar-refractivity contribution in [2.75, 3.05) is 66.8 Å². The molecule has 260 valence electrons. The number of carbonyl (C=O) groups excluding carboxylic acids is 3. The molecule has 0 saturated carbocycles. The van der Waals surface area contributed by atoms with Crippen LogP contribution in [0.4, 0.5) is 36.1 Å². The number of hydrogen-bond acceptors (Lipinski definition) is 7. The molecule has 10 nitrogen and oxygen atoms in total. The molecule has 1 aromatic heterocycles. The van der Waals surface area contributed by atoms with Crippen LogP contribution < -0.4 is 25.3 Å². The monoisotopic (exact) mass is 677 g/mol. The van der Waals surface area contributed by atoms with Crippen molar-refractivity contribution in [2.45, 2.75) is 45.5 Å². The molecule has 1 atom stereocenters. The average Bonchev–Trinajstić information content (AvgIpc) is 3.45. The smallest absolute Gasteiger partial charge is 0.368 e. The summed E-state index contributed by atoms with van der Waals surface area (Å²) in [5.41, 5.74) is 3.10. The summed E-state index contributed by atoms with van der Waals surface area (Å²) in [6.07, 6.45) is -1.02. The van der Waals surface area contributed by atoms with Gasteiger partial charge in [0.25, 0.3) is 0 Å². The number of aryl methyl sites for hydroxylation is 2. The van der Waals surface area contributed by atoms with Crippen LogP contribution in [0, 0.1) is 13.8 Å². The number of rotatable bonds is 10. The maximum atomic E-state index is 14.0. The second-order valence-electron chi connectivity index (χ2n) is 12.5. The number of amides is 3. The summed E-state index contributed by atoms with van der Waals surface area (Å²) < 4.78 is 40.8. The van der Waals surface area contributed by atoms with Crippen LogP contribution in [-0.4, -0.2) is 80.5 Å². The number of halogens is 3. The molecule has 2 fully saturated rings. The van der Waals surface area contributed by atoms with Crippen molar-refractivity contribution in [3.63, 3.8) is 0 Å². The number of carbonyl (C=O) groups is 3. The maximum Gasteiger partial charge on any atom is 0.416 e. The van der Waals surface area contributed by atoms with Gasteiger partial charge in [-0.25, -0.2) is 4.98 Å². The lowest BCUT2D eigenvalue weighted by atomic mass is 10.1. The SMILES string of the molecule is Cc1cc(C(F)(F)F)cc(N2C(=O)CC[C@H]2C(=O)N(C)c2cccc(C)c2N(C)Cc2ccc(NC(=O)/C=C/CN3CCNCC3)cc2)n1. The van der Waals surface area contributed by atoms with Gasteiger partial charge in [-0.1, -0.05) is 30.3 Å². The van der Waals surface area contributed by atoms with Gasteiger partial charge in [0, 0.05) is 77.2 Å². The first kappa shape index (κ1) is 35.6. The fourth-order valence-electron chi connectivity index (χ4n) is 6.33. The molecular formula is C36H42F3N7O3. The highest BCUT2D eigenvalue weighted by Crippen LogP contribution is 2.37. The number of nitrogens with zero attached hydrogens (tertiary/aromatic N) is 5. The van der Waals surface area contributed by atoms with E-state index in [1.54, 1.807) is 19.2 Å². The summed E-state index contributed by atoms with van der Waals surface area (Å²) in [5, 5.41) is 6.20. The molecule has 0 radical (unpaired) electrons. The van der Waals surface area contributed by atoms with Crippen LogP contribution in [0.25, 0.3) is 0 Å². The largest absolute Gasteiger partial charge is 0.416 e. The third kappa shape index (κ3) is 8.65. The van der Waals surface area contributed by atoms with E-state index in [1.807, 2.05) is 61.3 Å². The Labute approximate surface area is 284 Å². The molecule has 5 rings (SSSR count). The first-order valence-electron chi connectivity index (χ1n) is 16.3. The summed E-state index contributed by atoms with van der Waals surface area (Å²) in [6, 6.07) is 13.8. The Balaban J connectivity index is 1.27. The van der Waals surface area contributed by atoms with Crippen LogP contribution in [0.2, 0.25) is 0 Å². The summed E-state index contributed by atoms with van der Waals surface area (Å²) in [7, 11) is 3.51. The van der Waals surface area contributed by atoms with Gasteiger partial charge in [-0.05, 0) is 61.7 Å². The van der Waals surface area contributed by atoms with Crippen molar-refractivity contribution in [1.82, 2.24) is 15.2 Å². The lowest BCUT2D eigenvalue weighted by Gasteiger charge is -2.32. The van der Waals surface area contributed by atoms with Gasteiger partial charge in [0.05, 0.1) is 16.9 Å². The van der Waals surface area contributed by atoms with Crippen molar-refractivity contribution in [2.24, 2.45) is 0 Å². The van der Waals surface area contributed by atoms with Crippen molar-refractivity contribution in [3.8, 4) is 0 Å². The zero-order valence-corrected chi connectivity index (χ0v) is 28.2. The maximum absolute atomic E-state index is 14.0. The second kappa shape index (κ2) is 15.2. The Kier molecular flexibility index (Phi) is 11.0. The highest BCUT2D eigenvalue weighted by atomic mass is 19.4. The van der Waals surface area contributed by atoms with E-state index in [1.165, 1.54) is 11.8 Å². The second-order valence-corrected chi connectivity index (χ2v) is 12.5. The summed E-state index contributed by atoms with van der Waals surface area (Å²) >= 11 is 0. The van der Waals surface area contributed by atoms with Crippen molar-refractivity contribution in [3.05, 3.63) is 89.1 Å². The van der Waals surface area contributed by atoms with E-state index in [-0.39, 0.29) is 30.3 Å². The van der Waals surface area contributed by atoms with Gasteiger partial charge in [0.15, 0.2) is 0 Å². The molecule has 2 saturated heterocycles. The van der Waals surface area contributed by atoms with Crippen LogP contribution in [0.15, 0.2) is 66.7 Å². The van der Waals surface area contributed by atoms with Gasteiger partial charge in [-0.15, -0.1) is 0 Å². The molecule has 3 heterocycles. The minimum atomic E-state index is -4.63. The molecule has 2 aliphatic rings. The zero-order valence-electron chi connectivity index (χ0n) is 28.2. The minimum absolute atomic E-state index is 0.0189. The average molecular weight is 678 g/mol. The van der Waals surface area contributed by atoms with E-state index in [4.69, 9.17) is 0 Å².